The van der Waals surface area contributed by atoms with Gasteiger partial charge < -0.3 is 4.89 Å². The smallest absolute Gasteiger partial charge is 0.210 e. The molecule has 0 aromatic rings. The minimum absolute atomic E-state index is 1.27. The largest absolute Gasteiger partial charge is 0.344 e. The molecule has 1 N–H and O–H groups in total. The van der Waals surface area contributed by atoms with Crippen molar-refractivity contribution in [3.63, 3.8) is 0 Å². The number of rotatable bonds is 1. The van der Waals surface area contributed by atoms with Gasteiger partial charge in [-0.1, -0.05) is 6.08 Å². The molecule has 1 atom stereocenters. The molecule has 0 aromatic carbocycles. The van der Waals surface area contributed by atoms with E-state index >= 15 is 0 Å². The molecular formula is C3H7O2P. The van der Waals surface area contributed by atoms with E-state index in [0.29, 0.717) is 0 Å². The summed E-state index contributed by atoms with van der Waals surface area (Å²) in [6.07, 6.45) is 1.56. The van der Waals surface area contributed by atoms with Crippen molar-refractivity contribution in [1.82, 2.24) is 0 Å². The highest BCUT2D eigenvalue weighted by Crippen LogP contribution is 2.12. The van der Waals surface area contributed by atoms with Crippen molar-refractivity contribution in [2.24, 2.45) is 0 Å². The predicted molar refractivity (Wildman–Crippen MR) is 26.0 cm³/mol. The molecule has 0 amide bonds. The van der Waals surface area contributed by atoms with Crippen molar-refractivity contribution >= 4 is 8.03 Å². The normalized spacial score (nSPS) is 15.7. The van der Waals surface area contributed by atoms with Crippen molar-refractivity contribution in [1.29, 1.82) is 0 Å². The summed E-state index contributed by atoms with van der Waals surface area (Å²) in [7, 11) is -2.32. The lowest BCUT2D eigenvalue weighted by Crippen LogP contribution is -1.41. The monoisotopic (exact) mass is 106 g/mol. The van der Waals surface area contributed by atoms with Gasteiger partial charge in [0, 0.05) is 0 Å². The van der Waals surface area contributed by atoms with Gasteiger partial charge in [0.05, 0.1) is 0 Å². The third-order valence-electron chi connectivity index (χ3n) is 0.309. The highest BCUT2D eigenvalue weighted by molar-refractivity contribution is 7.41. The molecule has 0 aromatic heterocycles. The van der Waals surface area contributed by atoms with Gasteiger partial charge in [-0.05, 0) is 12.7 Å². The molecule has 2 nitrogen and oxygen atoms in total. The van der Waals surface area contributed by atoms with Crippen molar-refractivity contribution in [2.75, 3.05) is 0 Å². The summed E-state index contributed by atoms with van der Waals surface area (Å²) in [5.74, 6) is 1.27. The van der Waals surface area contributed by atoms with Crippen LogP contribution in [-0.4, -0.2) is 4.89 Å². The first-order valence-corrected chi connectivity index (χ1v) is 3.06. The summed E-state index contributed by atoms with van der Waals surface area (Å²) in [6, 6.07) is 0. The zero-order valence-electron chi connectivity index (χ0n) is 3.51. The zero-order valence-corrected chi connectivity index (χ0v) is 4.51. The van der Waals surface area contributed by atoms with E-state index in [1.54, 1.807) is 13.0 Å². The van der Waals surface area contributed by atoms with Crippen LogP contribution >= 0.6 is 8.03 Å². The molecule has 0 saturated heterocycles. The Bertz CT molecular complexity index is 76.9. The van der Waals surface area contributed by atoms with Crippen LogP contribution in [-0.2, 0) is 4.57 Å². The Morgan fingerprint density at radius 3 is 2.33 bits per heavy atom. The van der Waals surface area contributed by atoms with Crippen LogP contribution in [0.1, 0.15) is 6.92 Å². The fourth-order valence-electron chi connectivity index (χ4n) is 0.143. The van der Waals surface area contributed by atoms with E-state index in [1.807, 2.05) is 0 Å². The van der Waals surface area contributed by atoms with Crippen LogP contribution in [0.4, 0.5) is 0 Å². The summed E-state index contributed by atoms with van der Waals surface area (Å²) in [4.78, 5) is 8.01. The topological polar surface area (TPSA) is 37.3 Å². The molecule has 0 saturated carbocycles. The van der Waals surface area contributed by atoms with Gasteiger partial charge in [-0.3, -0.25) is 4.57 Å². The first-order valence-electron chi connectivity index (χ1n) is 1.63. The Morgan fingerprint density at radius 1 is 1.83 bits per heavy atom. The van der Waals surface area contributed by atoms with Crippen molar-refractivity contribution in [3.8, 4) is 0 Å². The molecule has 36 valence electrons. The maximum absolute atomic E-state index is 9.70. The molecule has 0 aliphatic rings. The van der Waals surface area contributed by atoms with E-state index < -0.39 is 8.03 Å². The van der Waals surface area contributed by atoms with Gasteiger partial charge in [-0.15, -0.1) is 0 Å². The van der Waals surface area contributed by atoms with E-state index in [0.717, 1.165) is 0 Å². The maximum atomic E-state index is 9.70. The van der Waals surface area contributed by atoms with E-state index in [9.17, 15) is 4.57 Å². The van der Waals surface area contributed by atoms with Gasteiger partial charge in [0.2, 0.25) is 8.03 Å². The molecule has 0 spiro atoms. The highest BCUT2D eigenvalue weighted by Gasteiger charge is 1.71. The Hall–Kier alpha value is -0.0700. The maximum Gasteiger partial charge on any atom is 0.210 e. The van der Waals surface area contributed by atoms with E-state index in [2.05, 4.69) is 0 Å². The van der Waals surface area contributed by atoms with E-state index in [1.165, 1.54) is 5.82 Å². The fraction of sp³-hybridized carbons (Fsp3) is 0.333. The van der Waals surface area contributed by atoms with Crippen LogP contribution in [0.2, 0.25) is 0 Å². The Morgan fingerprint density at radius 2 is 2.33 bits per heavy atom. The predicted octanol–water partition coefficient (Wildman–Crippen LogP) is 0.987. The van der Waals surface area contributed by atoms with Crippen LogP contribution in [0, 0.1) is 0 Å². The summed E-state index contributed by atoms with van der Waals surface area (Å²) >= 11 is 0. The third-order valence-corrected chi connectivity index (χ3v) is 0.928. The average molecular weight is 106 g/mol. The van der Waals surface area contributed by atoms with Crippen LogP contribution < -0.4 is 0 Å². The van der Waals surface area contributed by atoms with Crippen LogP contribution in [0.3, 0.4) is 0 Å². The van der Waals surface area contributed by atoms with Gasteiger partial charge in [0.15, 0.2) is 0 Å². The second kappa shape index (κ2) is 3.13. The van der Waals surface area contributed by atoms with Crippen molar-refractivity contribution < 1.29 is 9.46 Å². The third kappa shape index (κ3) is 3.93. The zero-order chi connectivity index (χ0) is 4.99. The second-order valence-corrected chi connectivity index (χ2v) is 1.85. The lowest BCUT2D eigenvalue weighted by atomic mass is 10.8. The molecule has 0 rings (SSSR count). The van der Waals surface area contributed by atoms with Gasteiger partial charge in [-0.2, -0.15) is 0 Å². The molecule has 1 unspecified atom stereocenters. The standard InChI is InChI=1S/C3H7O2P/c1-2-3-6(4)5/h2-3,6H,1H3,(H,4,5). The van der Waals surface area contributed by atoms with Gasteiger partial charge in [-0.25, -0.2) is 0 Å². The van der Waals surface area contributed by atoms with Crippen LogP contribution in [0.5, 0.6) is 0 Å². The molecule has 0 aliphatic heterocycles. The van der Waals surface area contributed by atoms with Crippen molar-refractivity contribution in [2.45, 2.75) is 6.92 Å². The molecule has 0 heterocycles. The minimum Gasteiger partial charge on any atom is -0.344 e. The Kier molecular flexibility index (Phi) is 3.10. The SMILES string of the molecule is CC=C[PH](=O)O. The lowest BCUT2D eigenvalue weighted by Gasteiger charge is -1.70. The molecule has 3 heteroatoms. The van der Waals surface area contributed by atoms with Gasteiger partial charge in [0.1, 0.15) is 0 Å². The highest BCUT2D eigenvalue weighted by atomic mass is 31.1. The molecule has 0 radical (unpaired) electrons. The van der Waals surface area contributed by atoms with Gasteiger partial charge in [0.25, 0.3) is 0 Å². The molecule has 0 fully saturated rings. The summed E-state index contributed by atoms with van der Waals surface area (Å²) in [5, 5.41) is 0. The molecule has 0 bridgehead atoms. The first-order chi connectivity index (χ1) is 2.77. The van der Waals surface area contributed by atoms with Crippen LogP contribution in [0.25, 0.3) is 0 Å². The van der Waals surface area contributed by atoms with Gasteiger partial charge >= 0.3 is 0 Å². The molecule has 0 aliphatic carbocycles. The number of hydrogen-bond donors (Lipinski definition) is 1. The summed E-state index contributed by atoms with van der Waals surface area (Å²) in [5.41, 5.74) is 0. The Labute approximate surface area is 37.4 Å². The minimum atomic E-state index is -2.32. The lowest BCUT2D eigenvalue weighted by molar-refractivity contribution is 0.512. The first kappa shape index (κ1) is 5.93. The number of allylic oxidation sites excluding steroid dienone is 1. The van der Waals surface area contributed by atoms with E-state index in [-0.39, 0.29) is 0 Å². The fourth-order valence-corrected chi connectivity index (χ4v) is 0.428. The van der Waals surface area contributed by atoms with E-state index in [4.69, 9.17) is 4.89 Å². The second-order valence-electron chi connectivity index (χ2n) is 0.838. The average Bonchev–Trinajstić information content (AvgIpc) is 1.35. The Balaban J connectivity index is 3.30. The van der Waals surface area contributed by atoms with Crippen LogP contribution in [0.15, 0.2) is 11.9 Å². The number of hydrogen-bond acceptors (Lipinski definition) is 1. The van der Waals surface area contributed by atoms with Crippen molar-refractivity contribution in [3.05, 3.63) is 11.9 Å². The quantitative estimate of drug-likeness (QED) is 0.506. The summed E-state index contributed by atoms with van der Waals surface area (Å²) < 4.78 is 9.70. The molecular weight excluding hydrogens is 99.0 g/mol. The molecule has 6 heavy (non-hydrogen) atoms. The summed E-state index contributed by atoms with van der Waals surface area (Å²) in [6.45, 7) is 1.71.